The number of para-hydroxylation sites is 1. The van der Waals surface area contributed by atoms with Crippen LogP contribution in [0.4, 0.5) is 0 Å². The summed E-state index contributed by atoms with van der Waals surface area (Å²) < 4.78 is 5.64. The van der Waals surface area contributed by atoms with Crippen LogP contribution in [-0.2, 0) is 6.42 Å². The Morgan fingerprint density at radius 2 is 2.00 bits per heavy atom. The summed E-state index contributed by atoms with van der Waals surface area (Å²) in [7, 11) is 0. The molecule has 1 heterocycles. The van der Waals surface area contributed by atoms with Crippen LogP contribution in [0.15, 0.2) is 42.5 Å². The third kappa shape index (κ3) is 3.18. The lowest BCUT2D eigenvalue weighted by Crippen LogP contribution is -2.26. The molecule has 1 aliphatic rings. The molecule has 0 saturated heterocycles. The maximum absolute atomic E-state index is 10.6. The third-order valence-electron chi connectivity index (χ3n) is 3.91. The second-order valence-corrected chi connectivity index (χ2v) is 6.13. The molecule has 110 valence electrons. The normalized spacial score (nSPS) is 18.7. The van der Waals surface area contributed by atoms with Gasteiger partial charge in [-0.2, -0.15) is 0 Å². The number of fused-ring (bicyclic) bond motifs is 1. The molecule has 1 aliphatic heterocycles. The van der Waals surface area contributed by atoms with Crippen molar-refractivity contribution in [2.45, 2.75) is 24.9 Å². The van der Waals surface area contributed by atoms with Gasteiger partial charge in [0.1, 0.15) is 5.75 Å². The first-order valence-corrected chi connectivity index (χ1v) is 7.74. The molecule has 0 radical (unpaired) electrons. The van der Waals surface area contributed by atoms with Gasteiger partial charge in [0, 0.05) is 22.4 Å². The Balaban J connectivity index is 1.83. The predicted octanol–water partition coefficient (Wildman–Crippen LogP) is 4.46. The first kappa shape index (κ1) is 14.7. The van der Waals surface area contributed by atoms with Gasteiger partial charge in [0.15, 0.2) is 0 Å². The number of aliphatic hydroxyl groups excluding tert-OH is 1. The van der Waals surface area contributed by atoms with Gasteiger partial charge < -0.3 is 9.84 Å². The van der Waals surface area contributed by atoms with E-state index in [1.165, 1.54) is 0 Å². The summed E-state index contributed by atoms with van der Waals surface area (Å²) in [5, 5.41) is 11.9. The van der Waals surface area contributed by atoms with Crippen molar-refractivity contribution >= 4 is 23.2 Å². The van der Waals surface area contributed by atoms with E-state index in [0.29, 0.717) is 23.1 Å². The van der Waals surface area contributed by atoms with Crippen LogP contribution < -0.4 is 4.74 Å². The van der Waals surface area contributed by atoms with Gasteiger partial charge in [-0.1, -0.05) is 41.4 Å². The molecule has 2 atom stereocenters. The first-order chi connectivity index (χ1) is 10.1. The Hall–Kier alpha value is -1.22. The summed E-state index contributed by atoms with van der Waals surface area (Å²) in [5.41, 5.74) is 1.94. The summed E-state index contributed by atoms with van der Waals surface area (Å²) in [4.78, 5) is 0. The number of aliphatic hydroxyl groups is 1. The monoisotopic (exact) mass is 322 g/mol. The highest BCUT2D eigenvalue weighted by atomic mass is 35.5. The second-order valence-electron chi connectivity index (χ2n) is 5.29. The fourth-order valence-electron chi connectivity index (χ4n) is 2.84. The maximum atomic E-state index is 10.6. The lowest BCUT2D eigenvalue weighted by Gasteiger charge is -2.29. The Bertz CT molecular complexity index is 642. The number of benzene rings is 2. The van der Waals surface area contributed by atoms with Gasteiger partial charge in [-0.25, -0.2) is 0 Å². The zero-order valence-electron chi connectivity index (χ0n) is 11.4. The lowest BCUT2D eigenvalue weighted by molar-refractivity contribution is 0.116. The summed E-state index contributed by atoms with van der Waals surface area (Å²) in [5.74, 6) is 0.926. The minimum absolute atomic E-state index is 0.0602. The van der Waals surface area contributed by atoms with Crippen molar-refractivity contribution in [3.8, 4) is 5.75 Å². The van der Waals surface area contributed by atoms with E-state index < -0.39 is 6.10 Å². The van der Waals surface area contributed by atoms with Crippen LogP contribution in [0.3, 0.4) is 0 Å². The molecule has 0 aromatic heterocycles. The van der Waals surface area contributed by atoms with Crippen molar-refractivity contribution in [3.63, 3.8) is 0 Å². The quantitative estimate of drug-likeness (QED) is 0.903. The molecule has 0 spiro atoms. The van der Waals surface area contributed by atoms with Crippen molar-refractivity contribution in [3.05, 3.63) is 63.6 Å². The van der Waals surface area contributed by atoms with Gasteiger partial charge in [0.25, 0.3) is 0 Å². The largest absolute Gasteiger partial charge is 0.493 e. The molecule has 0 bridgehead atoms. The standard InChI is InChI=1S/C17H16Cl2O2/c18-12-5-6-15(19)11(9-12)10-16(20)13-7-8-21-17-4-2-1-3-14(13)17/h1-6,9,13,16,20H,7-8,10H2. The van der Waals surface area contributed by atoms with Crippen molar-refractivity contribution in [1.82, 2.24) is 0 Å². The number of ether oxygens (including phenoxy) is 1. The summed E-state index contributed by atoms with van der Waals surface area (Å²) >= 11 is 12.2. The molecular weight excluding hydrogens is 307 g/mol. The number of rotatable bonds is 3. The summed E-state index contributed by atoms with van der Waals surface area (Å²) in [6.07, 6.45) is 0.778. The van der Waals surface area contributed by atoms with Crippen LogP contribution in [0.2, 0.25) is 10.0 Å². The van der Waals surface area contributed by atoms with E-state index in [4.69, 9.17) is 27.9 Å². The van der Waals surface area contributed by atoms with Crippen LogP contribution in [0.25, 0.3) is 0 Å². The van der Waals surface area contributed by atoms with Crippen LogP contribution in [0.1, 0.15) is 23.5 Å². The average molecular weight is 323 g/mol. The van der Waals surface area contributed by atoms with E-state index >= 15 is 0 Å². The third-order valence-corrected chi connectivity index (χ3v) is 4.51. The minimum Gasteiger partial charge on any atom is -0.493 e. The number of hydrogen-bond donors (Lipinski definition) is 1. The van der Waals surface area contributed by atoms with Gasteiger partial charge in [-0.15, -0.1) is 0 Å². The predicted molar refractivity (Wildman–Crippen MR) is 85.5 cm³/mol. The van der Waals surface area contributed by atoms with Crippen molar-refractivity contribution < 1.29 is 9.84 Å². The van der Waals surface area contributed by atoms with Gasteiger partial charge >= 0.3 is 0 Å². The SMILES string of the molecule is OC(Cc1cc(Cl)ccc1Cl)C1CCOc2ccccc21. The first-order valence-electron chi connectivity index (χ1n) is 6.99. The Kier molecular flexibility index (Phi) is 4.39. The Morgan fingerprint density at radius 3 is 2.86 bits per heavy atom. The maximum Gasteiger partial charge on any atom is 0.122 e. The van der Waals surface area contributed by atoms with E-state index in [1.54, 1.807) is 12.1 Å². The van der Waals surface area contributed by atoms with Gasteiger partial charge in [-0.3, -0.25) is 0 Å². The number of hydrogen-bond acceptors (Lipinski definition) is 2. The fraction of sp³-hybridized carbons (Fsp3) is 0.294. The van der Waals surface area contributed by atoms with E-state index in [1.807, 2.05) is 30.3 Å². The van der Waals surface area contributed by atoms with E-state index in [9.17, 15) is 5.11 Å². The molecule has 1 N–H and O–H groups in total. The fourth-order valence-corrected chi connectivity index (χ4v) is 3.23. The molecule has 21 heavy (non-hydrogen) atoms. The second kappa shape index (κ2) is 6.27. The van der Waals surface area contributed by atoms with Gasteiger partial charge in [0.2, 0.25) is 0 Å². The lowest BCUT2D eigenvalue weighted by atomic mass is 9.85. The highest BCUT2D eigenvalue weighted by molar-refractivity contribution is 6.33. The zero-order valence-corrected chi connectivity index (χ0v) is 12.9. The van der Waals surface area contributed by atoms with Crippen LogP contribution >= 0.6 is 23.2 Å². The number of halogens is 2. The van der Waals surface area contributed by atoms with E-state index in [2.05, 4.69) is 0 Å². The molecule has 0 aliphatic carbocycles. The van der Waals surface area contributed by atoms with Crippen LogP contribution in [0.5, 0.6) is 5.75 Å². The summed E-state index contributed by atoms with van der Waals surface area (Å²) in [6.45, 7) is 0.627. The highest BCUT2D eigenvalue weighted by Crippen LogP contribution is 2.37. The van der Waals surface area contributed by atoms with Crippen molar-refractivity contribution in [1.29, 1.82) is 0 Å². The average Bonchev–Trinajstić information content (AvgIpc) is 2.50. The molecule has 2 nitrogen and oxygen atoms in total. The van der Waals surface area contributed by atoms with Gasteiger partial charge in [-0.05, 0) is 41.8 Å². The Labute approximate surface area is 134 Å². The van der Waals surface area contributed by atoms with Gasteiger partial charge in [0.05, 0.1) is 12.7 Å². The molecular formula is C17H16Cl2O2. The zero-order chi connectivity index (χ0) is 14.8. The molecule has 2 unspecified atom stereocenters. The minimum atomic E-state index is -0.508. The molecule has 0 saturated carbocycles. The molecule has 0 amide bonds. The molecule has 2 aromatic carbocycles. The molecule has 3 rings (SSSR count). The Morgan fingerprint density at radius 1 is 1.19 bits per heavy atom. The smallest absolute Gasteiger partial charge is 0.122 e. The van der Waals surface area contributed by atoms with E-state index in [-0.39, 0.29) is 5.92 Å². The van der Waals surface area contributed by atoms with Crippen molar-refractivity contribution in [2.75, 3.05) is 6.61 Å². The topological polar surface area (TPSA) is 29.5 Å². The van der Waals surface area contributed by atoms with Crippen LogP contribution in [0, 0.1) is 0 Å². The summed E-state index contributed by atoms with van der Waals surface area (Å²) in [6, 6.07) is 13.2. The molecule has 0 fully saturated rings. The van der Waals surface area contributed by atoms with Crippen molar-refractivity contribution in [2.24, 2.45) is 0 Å². The highest BCUT2D eigenvalue weighted by Gasteiger charge is 2.28. The van der Waals surface area contributed by atoms with Crippen LogP contribution in [-0.4, -0.2) is 17.8 Å². The molecule has 4 heteroatoms. The molecule has 2 aromatic rings. The van der Waals surface area contributed by atoms with E-state index in [0.717, 1.165) is 23.3 Å².